The van der Waals surface area contributed by atoms with E-state index in [1.807, 2.05) is 0 Å². The summed E-state index contributed by atoms with van der Waals surface area (Å²) in [6.07, 6.45) is -5.60. The lowest BCUT2D eigenvalue weighted by Gasteiger charge is -2.03. The minimum Gasteiger partial charge on any atom is -0.387 e. The third-order valence-electron chi connectivity index (χ3n) is 1.34. The normalized spacial score (nSPS) is 23.2. The molecule has 0 amide bonds. The molecule has 1 atom stereocenters. The highest BCUT2D eigenvalue weighted by Crippen LogP contribution is 2.27. The molecule has 1 rings (SSSR count). The van der Waals surface area contributed by atoms with Crippen molar-refractivity contribution in [2.75, 3.05) is 0 Å². The number of carbonyl (C=O) groups excluding carboxylic acids is 1. The molecule has 12 heavy (non-hydrogen) atoms. The second kappa shape index (κ2) is 2.64. The van der Waals surface area contributed by atoms with Crippen LogP contribution in [0.5, 0.6) is 0 Å². The summed E-state index contributed by atoms with van der Waals surface area (Å²) in [6, 6.07) is 0. The Morgan fingerprint density at radius 1 is 1.58 bits per heavy atom. The topological polar surface area (TPSA) is 38.7 Å². The zero-order valence-corrected chi connectivity index (χ0v) is 5.97. The van der Waals surface area contributed by atoms with Crippen LogP contribution in [0.25, 0.3) is 0 Å². The van der Waals surface area contributed by atoms with Crippen LogP contribution in [0.15, 0.2) is 10.7 Å². The SMILES string of the molecule is CC1ON=C(C(F)(F)F)C1=C=O. The van der Waals surface area contributed by atoms with Gasteiger partial charge in [-0.2, -0.15) is 13.2 Å². The smallest absolute Gasteiger partial charge is 0.387 e. The van der Waals surface area contributed by atoms with Crippen LogP contribution < -0.4 is 0 Å². The van der Waals surface area contributed by atoms with Gasteiger partial charge in [0.1, 0.15) is 11.5 Å². The summed E-state index contributed by atoms with van der Waals surface area (Å²) in [7, 11) is 0. The maximum absolute atomic E-state index is 12.0. The third-order valence-corrected chi connectivity index (χ3v) is 1.34. The van der Waals surface area contributed by atoms with Crippen molar-refractivity contribution >= 4 is 11.7 Å². The van der Waals surface area contributed by atoms with Crippen LogP contribution >= 0.6 is 0 Å². The molecule has 66 valence electrons. The molecule has 0 spiro atoms. The van der Waals surface area contributed by atoms with E-state index < -0.39 is 23.6 Å². The van der Waals surface area contributed by atoms with E-state index >= 15 is 0 Å². The van der Waals surface area contributed by atoms with Gasteiger partial charge in [-0.3, -0.25) is 0 Å². The molecule has 0 saturated heterocycles. The largest absolute Gasteiger partial charge is 0.437 e. The third kappa shape index (κ3) is 1.33. The van der Waals surface area contributed by atoms with Gasteiger partial charge >= 0.3 is 6.18 Å². The second-order valence-electron chi connectivity index (χ2n) is 2.20. The standard InChI is InChI=1S/C6H4F3NO2/c1-3-4(2-11)5(10-12-3)6(7,8)9/h3H,1H3. The lowest BCUT2D eigenvalue weighted by atomic mass is 10.1. The molecule has 0 aromatic carbocycles. The van der Waals surface area contributed by atoms with Gasteiger partial charge in [-0.25, -0.2) is 4.79 Å². The van der Waals surface area contributed by atoms with Crippen molar-refractivity contribution in [3.05, 3.63) is 5.57 Å². The Labute approximate surface area is 65.5 Å². The first-order valence-electron chi connectivity index (χ1n) is 3.03. The quantitative estimate of drug-likeness (QED) is 0.522. The second-order valence-corrected chi connectivity index (χ2v) is 2.20. The van der Waals surface area contributed by atoms with E-state index in [9.17, 15) is 18.0 Å². The Bertz CT molecular complexity index is 275. The summed E-state index contributed by atoms with van der Waals surface area (Å²) in [4.78, 5) is 14.3. The van der Waals surface area contributed by atoms with Gasteiger partial charge in [-0.1, -0.05) is 5.16 Å². The number of nitrogens with zero attached hydrogens (tertiary/aromatic N) is 1. The molecule has 0 aliphatic carbocycles. The Morgan fingerprint density at radius 3 is 2.50 bits per heavy atom. The van der Waals surface area contributed by atoms with E-state index in [2.05, 4.69) is 9.99 Å². The van der Waals surface area contributed by atoms with E-state index in [1.54, 1.807) is 0 Å². The molecule has 0 bridgehead atoms. The molecule has 0 N–H and O–H groups in total. The van der Waals surface area contributed by atoms with E-state index in [1.165, 1.54) is 6.92 Å². The summed E-state index contributed by atoms with van der Waals surface area (Å²) in [6.45, 7) is 1.29. The van der Waals surface area contributed by atoms with Crippen LogP contribution in [0, 0.1) is 0 Å². The Balaban J connectivity index is 3.03. The highest BCUT2D eigenvalue weighted by molar-refractivity contribution is 6.11. The van der Waals surface area contributed by atoms with E-state index in [0.29, 0.717) is 0 Å². The molecule has 1 aliphatic heterocycles. The molecule has 0 saturated carbocycles. The van der Waals surface area contributed by atoms with Crippen LogP contribution in [-0.2, 0) is 9.63 Å². The summed E-state index contributed by atoms with van der Waals surface area (Å²) >= 11 is 0. The maximum Gasteiger partial charge on any atom is 0.437 e. The maximum atomic E-state index is 12.0. The summed E-state index contributed by atoms with van der Waals surface area (Å²) < 4.78 is 35.9. The van der Waals surface area contributed by atoms with Gasteiger partial charge in [-0.05, 0) is 6.92 Å². The van der Waals surface area contributed by atoms with Crippen molar-refractivity contribution in [3.63, 3.8) is 0 Å². The van der Waals surface area contributed by atoms with Gasteiger partial charge in [0, 0.05) is 0 Å². The monoisotopic (exact) mass is 179 g/mol. The summed E-state index contributed by atoms with van der Waals surface area (Å²) in [5.41, 5.74) is -1.87. The van der Waals surface area contributed by atoms with Crippen molar-refractivity contribution in [1.29, 1.82) is 0 Å². The number of rotatable bonds is 0. The van der Waals surface area contributed by atoms with Crippen LogP contribution in [0.4, 0.5) is 13.2 Å². The van der Waals surface area contributed by atoms with E-state index in [-0.39, 0.29) is 0 Å². The van der Waals surface area contributed by atoms with Crippen LogP contribution in [-0.4, -0.2) is 23.9 Å². The summed E-state index contributed by atoms with van der Waals surface area (Å²) in [5, 5.41) is 2.73. The minimum atomic E-state index is -4.64. The predicted octanol–water partition coefficient (Wildman–Crippen LogP) is 1.08. The molecular formula is C6H4F3NO2. The Hall–Kier alpha value is -1.29. The molecule has 0 fully saturated rings. The number of hydrogen-bond donors (Lipinski definition) is 0. The van der Waals surface area contributed by atoms with Gasteiger partial charge in [0.25, 0.3) is 0 Å². The molecule has 3 nitrogen and oxygen atoms in total. The van der Waals surface area contributed by atoms with Gasteiger partial charge < -0.3 is 4.84 Å². The fourth-order valence-electron chi connectivity index (χ4n) is 0.762. The van der Waals surface area contributed by atoms with Gasteiger partial charge in [0.2, 0.25) is 5.71 Å². The molecule has 0 aromatic heterocycles. The fourth-order valence-corrected chi connectivity index (χ4v) is 0.762. The van der Waals surface area contributed by atoms with Crippen molar-refractivity contribution in [2.45, 2.75) is 19.2 Å². The van der Waals surface area contributed by atoms with Gasteiger partial charge in [-0.15, -0.1) is 0 Å². The first-order chi connectivity index (χ1) is 5.46. The molecule has 0 aromatic rings. The zero-order chi connectivity index (χ0) is 9.35. The molecule has 1 heterocycles. The number of hydrogen-bond acceptors (Lipinski definition) is 3. The van der Waals surface area contributed by atoms with E-state index in [4.69, 9.17) is 0 Å². The highest BCUT2D eigenvalue weighted by Gasteiger charge is 2.45. The first kappa shape index (κ1) is 8.80. The highest BCUT2D eigenvalue weighted by atomic mass is 19.4. The van der Waals surface area contributed by atoms with Gasteiger partial charge in [0.05, 0.1) is 0 Å². The van der Waals surface area contributed by atoms with Crippen LogP contribution in [0.1, 0.15) is 6.92 Å². The fraction of sp³-hybridized carbons (Fsp3) is 0.500. The number of halogens is 3. The van der Waals surface area contributed by atoms with Crippen molar-refractivity contribution in [1.82, 2.24) is 0 Å². The Morgan fingerprint density at radius 2 is 2.17 bits per heavy atom. The zero-order valence-electron chi connectivity index (χ0n) is 5.97. The first-order valence-corrected chi connectivity index (χ1v) is 3.03. The average Bonchev–Trinajstić information content (AvgIpc) is 2.29. The van der Waals surface area contributed by atoms with Gasteiger partial charge in [0.15, 0.2) is 6.10 Å². The molecule has 1 aliphatic rings. The summed E-state index contributed by atoms with van der Waals surface area (Å²) in [5.74, 6) is 1.16. The van der Waals surface area contributed by atoms with Crippen LogP contribution in [0.3, 0.4) is 0 Å². The molecular weight excluding hydrogens is 175 g/mol. The van der Waals surface area contributed by atoms with Crippen molar-refractivity contribution in [3.8, 4) is 0 Å². The number of alkyl halides is 3. The van der Waals surface area contributed by atoms with Crippen LogP contribution in [0.2, 0.25) is 0 Å². The minimum absolute atomic E-state index is 0.581. The number of oxime groups is 1. The Kier molecular flexibility index (Phi) is 1.94. The average molecular weight is 179 g/mol. The molecule has 0 radical (unpaired) electrons. The van der Waals surface area contributed by atoms with Crippen molar-refractivity contribution in [2.24, 2.45) is 5.16 Å². The molecule has 1 unspecified atom stereocenters. The lowest BCUT2D eigenvalue weighted by molar-refractivity contribution is -0.0589. The molecule has 6 heteroatoms. The predicted molar refractivity (Wildman–Crippen MR) is 33.2 cm³/mol. The van der Waals surface area contributed by atoms with Crippen molar-refractivity contribution < 1.29 is 22.8 Å². The van der Waals surface area contributed by atoms with E-state index in [0.717, 1.165) is 5.94 Å². The lowest BCUT2D eigenvalue weighted by Crippen LogP contribution is -2.25.